The van der Waals surface area contributed by atoms with Crippen molar-refractivity contribution in [3.8, 4) is 0 Å². The third-order valence-electron chi connectivity index (χ3n) is 2.68. The molecule has 2 rings (SSSR count). The van der Waals surface area contributed by atoms with E-state index in [0.29, 0.717) is 15.6 Å². The van der Waals surface area contributed by atoms with Gasteiger partial charge in [0.1, 0.15) is 0 Å². The number of hydrogen-bond donors (Lipinski definition) is 0. The molecule has 0 heterocycles. The smallest absolute Gasteiger partial charge is 0.167 e. The van der Waals surface area contributed by atoms with Crippen LogP contribution in [0.15, 0.2) is 12.1 Å². The van der Waals surface area contributed by atoms with Crippen LogP contribution in [0.1, 0.15) is 29.3 Å². The maximum absolute atomic E-state index is 11.8. The summed E-state index contributed by atoms with van der Waals surface area (Å²) < 4.78 is 0. The summed E-state index contributed by atoms with van der Waals surface area (Å²) in [5.74, 6) is 0.231. The minimum Gasteiger partial charge on any atom is -0.294 e. The van der Waals surface area contributed by atoms with Gasteiger partial charge in [0.25, 0.3) is 0 Å². The van der Waals surface area contributed by atoms with Gasteiger partial charge in [-0.1, -0.05) is 30.1 Å². The molecule has 0 aromatic heterocycles. The van der Waals surface area contributed by atoms with Gasteiger partial charge in [-0.3, -0.25) is 4.79 Å². The van der Waals surface area contributed by atoms with E-state index in [4.69, 9.17) is 23.2 Å². The number of benzene rings is 1. The van der Waals surface area contributed by atoms with Crippen molar-refractivity contribution in [1.82, 2.24) is 0 Å². The van der Waals surface area contributed by atoms with Crippen LogP contribution in [0.3, 0.4) is 0 Å². The molecule has 74 valence electrons. The molecule has 1 aromatic carbocycles. The Kier molecular flexibility index (Phi) is 2.54. The molecule has 0 fully saturated rings. The molecular formula is C11H10Cl2O. The first-order chi connectivity index (χ1) is 6.59. The molecule has 1 nitrogen and oxygen atoms in total. The number of rotatable bonds is 0. The lowest BCUT2D eigenvalue weighted by Gasteiger charge is -2.21. The number of halogens is 2. The van der Waals surface area contributed by atoms with Gasteiger partial charge in [-0.25, -0.2) is 0 Å². The molecule has 0 radical (unpaired) electrons. The van der Waals surface area contributed by atoms with E-state index in [-0.39, 0.29) is 11.7 Å². The van der Waals surface area contributed by atoms with Gasteiger partial charge >= 0.3 is 0 Å². The molecule has 1 aliphatic rings. The summed E-state index contributed by atoms with van der Waals surface area (Å²) in [5.41, 5.74) is 1.67. The Morgan fingerprint density at radius 3 is 2.79 bits per heavy atom. The number of ketones is 1. The van der Waals surface area contributed by atoms with Gasteiger partial charge in [0.15, 0.2) is 5.78 Å². The fraction of sp³-hybridized carbons (Fsp3) is 0.364. The third-order valence-corrected chi connectivity index (χ3v) is 3.19. The monoisotopic (exact) mass is 228 g/mol. The lowest BCUT2D eigenvalue weighted by Crippen LogP contribution is -2.20. The van der Waals surface area contributed by atoms with Crippen LogP contribution in [0.25, 0.3) is 0 Å². The Hall–Kier alpha value is -0.530. The standard InChI is InChI=1S/C11H10Cl2O/c1-6-2-3-7-4-8(12)5-9(13)10(7)11(6)14/h4-6H,2-3H2,1H3. The molecular weight excluding hydrogens is 219 g/mol. The van der Waals surface area contributed by atoms with E-state index >= 15 is 0 Å². The molecule has 1 unspecified atom stereocenters. The van der Waals surface area contributed by atoms with Gasteiger partial charge in [0.05, 0.1) is 5.02 Å². The van der Waals surface area contributed by atoms with E-state index in [0.717, 1.165) is 18.4 Å². The topological polar surface area (TPSA) is 17.1 Å². The fourth-order valence-corrected chi connectivity index (χ4v) is 2.48. The van der Waals surface area contributed by atoms with Gasteiger partial charge in [-0.2, -0.15) is 0 Å². The van der Waals surface area contributed by atoms with Crippen molar-refractivity contribution >= 4 is 29.0 Å². The zero-order valence-electron chi connectivity index (χ0n) is 7.81. The number of fused-ring (bicyclic) bond motifs is 1. The van der Waals surface area contributed by atoms with E-state index < -0.39 is 0 Å². The number of carbonyl (C=O) groups is 1. The Bertz CT molecular complexity index is 399. The molecule has 0 spiro atoms. The molecule has 0 amide bonds. The number of carbonyl (C=O) groups excluding carboxylic acids is 1. The molecule has 0 saturated heterocycles. The maximum atomic E-state index is 11.8. The van der Waals surface area contributed by atoms with Crippen molar-refractivity contribution in [2.75, 3.05) is 0 Å². The van der Waals surface area contributed by atoms with Crippen LogP contribution in [0.5, 0.6) is 0 Å². The summed E-state index contributed by atoms with van der Waals surface area (Å²) >= 11 is 11.9. The number of aryl methyl sites for hydroxylation is 1. The van der Waals surface area contributed by atoms with Crippen LogP contribution in [0, 0.1) is 5.92 Å². The quantitative estimate of drug-likeness (QED) is 0.661. The van der Waals surface area contributed by atoms with Crippen molar-refractivity contribution in [2.45, 2.75) is 19.8 Å². The van der Waals surface area contributed by atoms with E-state index in [9.17, 15) is 4.79 Å². The Balaban J connectivity index is 2.60. The highest BCUT2D eigenvalue weighted by Gasteiger charge is 2.26. The van der Waals surface area contributed by atoms with Crippen molar-refractivity contribution in [1.29, 1.82) is 0 Å². The normalized spacial score (nSPS) is 20.8. The second-order valence-corrected chi connectivity index (χ2v) is 4.57. The molecule has 1 aromatic rings. The summed E-state index contributed by atoms with van der Waals surface area (Å²) in [6.07, 6.45) is 1.78. The van der Waals surface area contributed by atoms with Gasteiger partial charge in [0.2, 0.25) is 0 Å². The first-order valence-corrected chi connectivity index (χ1v) is 5.37. The van der Waals surface area contributed by atoms with Crippen molar-refractivity contribution in [3.05, 3.63) is 33.3 Å². The fourth-order valence-electron chi connectivity index (χ4n) is 1.85. The molecule has 1 atom stereocenters. The Labute approximate surface area is 93.0 Å². The van der Waals surface area contributed by atoms with E-state index in [2.05, 4.69) is 0 Å². The predicted octanol–water partition coefficient (Wildman–Crippen LogP) is 3.76. The second kappa shape index (κ2) is 3.56. The van der Waals surface area contributed by atoms with Gasteiger partial charge in [0, 0.05) is 16.5 Å². The molecule has 14 heavy (non-hydrogen) atoms. The number of Topliss-reactive ketones (excluding diaryl/α,β-unsaturated/α-hetero) is 1. The molecule has 0 aliphatic heterocycles. The van der Waals surface area contributed by atoms with Gasteiger partial charge in [-0.15, -0.1) is 0 Å². The van der Waals surface area contributed by atoms with Crippen LogP contribution in [-0.2, 0) is 6.42 Å². The van der Waals surface area contributed by atoms with E-state index in [1.54, 1.807) is 6.07 Å². The summed E-state index contributed by atoms with van der Waals surface area (Å²) in [6.45, 7) is 1.94. The van der Waals surface area contributed by atoms with Crippen molar-refractivity contribution in [3.63, 3.8) is 0 Å². The minimum atomic E-state index is 0.0844. The largest absolute Gasteiger partial charge is 0.294 e. The Morgan fingerprint density at radius 2 is 2.07 bits per heavy atom. The van der Waals surface area contributed by atoms with Crippen LogP contribution in [0.4, 0.5) is 0 Å². The average molecular weight is 229 g/mol. The lowest BCUT2D eigenvalue weighted by atomic mass is 9.84. The van der Waals surface area contributed by atoms with E-state index in [1.165, 1.54) is 0 Å². The van der Waals surface area contributed by atoms with Crippen LogP contribution in [-0.4, -0.2) is 5.78 Å². The molecule has 0 bridgehead atoms. The van der Waals surface area contributed by atoms with Crippen LogP contribution in [0.2, 0.25) is 10.0 Å². The zero-order valence-corrected chi connectivity index (χ0v) is 9.32. The highest BCUT2D eigenvalue weighted by molar-refractivity contribution is 6.37. The summed E-state index contributed by atoms with van der Waals surface area (Å²) in [4.78, 5) is 11.8. The SMILES string of the molecule is CC1CCc2cc(Cl)cc(Cl)c2C1=O. The van der Waals surface area contributed by atoms with Crippen LogP contribution >= 0.6 is 23.2 Å². The highest BCUT2D eigenvalue weighted by atomic mass is 35.5. The van der Waals surface area contributed by atoms with Crippen molar-refractivity contribution in [2.24, 2.45) is 5.92 Å². The van der Waals surface area contributed by atoms with Gasteiger partial charge < -0.3 is 0 Å². The van der Waals surface area contributed by atoms with Crippen LogP contribution < -0.4 is 0 Å². The maximum Gasteiger partial charge on any atom is 0.167 e. The lowest BCUT2D eigenvalue weighted by molar-refractivity contribution is 0.0914. The predicted molar refractivity (Wildman–Crippen MR) is 58.3 cm³/mol. The summed E-state index contributed by atoms with van der Waals surface area (Å²) in [6, 6.07) is 3.48. The summed E-state index contributed by atoms with van der Waals surface area (Å²) in [5, 5.41) is 1.10. The minimum absolute atomic E-state index is 0.0844. The molecule has 0 saturated carbocycles. The molecule has 0 N–H and O–H groups in total. The van der Waals surface area contributed by atoms with E-state index in [1.807, 2.05) is 13.0 Å². The third kappa shape index (κ3) is 1.55. The molecule has 1 aliphatic carbocycles. The zero-order chi connectivity index (χ0) is 10.3. The second-order valence-electron chi connectivity index (χ2n) is 3.73. The summed E-state index contributed by atoms with van der Waals surface area (Å²) in [7, 11) is 0. The first kappa shape index (κ1) is 10.0. The molecule has 3 heteroatoms. The highest BCUT2D eigenvalue weighted by Crippen LogP contribution is 2.33. The van der Waals surface area contributed by atoms with Crippen molar-refractivity contribution < 1.29 is 4.79 Å². The van der Waals surface area contributed by atoms with Gasteiger partial charge in [-0.05, 0) is 30.5 Å². The average Bonchev–Trinajstić information content (AvgIpc) is 2.10. The Morgan fingerprint density at radius 1 is 1.36 bits per heavy atom. The number of hydrogen-bond acceptors (Lipinski definition) is 1. The first-order valence-electron chi connectivity index (χ1n) is 4.61.